The summed E-state index contributed by atoms with van der Waals surface area (Å²) in [5.74, 6) is 0.687. The number of carbonyl (C=O) groups excluding carboxylic acids is 1. The lowest BCUT2D eigenvalue weighted by atomic mass is 9.97. The number of hydrogen-bond donors (Lipinski definition) is 1. The van der Waals surface area contributed by atoms with E-state index in [0.29, 0.717) is 12.3 Å². The van der Waals surface area contributed by atoms with Crippen LogP contribution in [0.2, 0.25) is 0 Å². The third kappa shape index (κ3) is 2.13. The third-order valence-electron chi connectivity index (χ3n) is 2.67. The zero-order chi connectivity index (χ0) is 9.97. The van der Waals surface area contributed by atoms with Gasteiger partial charge in [-0.3, -0.25) is 4.79 Å². The Kier molecular flexibility index (Phi) is 2.53. The van der Waals surface area contributed by atoms with Crippen molar-refractivity contribution in [2.75, 3.05) is 6.54 Å². The van der Waals surface area contributed by atoms with Gasteiger partial charge in [0.1, 0.15) is 0 Å². The number of amides is 1. The van der Waals surface area contributed by atoms with Crippen molar-refractivity contribution in [1.29, 1.82) is 0 Å². The van der Waals surface area contributed by atoms with Crippen molar-refractivity contribution in [3.05, 3.63) is 35.4 Å². The Labute approximate surface area is 84.3 Å². The van der Waals surface area contributed by atoms with Crippen LogP contribution in [0.5, 0.6) is 0 Å². The van der Waals surface area contributed by atoms with Gasteiger partial charge in [0.2, 0.25) is 5.91 Å². The summed E-state index contributed by atoms with van der Waals surface area (Å²) >= 11 is 0. The van der Waals surface area contributed by atoms with Gasteiger partial charge >= 0.3 is 0 Å². The molecule has 0 spiro atoms. The second-order valence-electron chi connectivity index (χ2n) is 4.07. The number of aryl methyl sites for hydroxylation is 1. The van der Waals surface area contributed by atoms with Crippen LogP contribution in [-0.4, -0.2) is 12.5 Å². The van der Waals surface area contributed by atoms with Crippen LogP contribution in [0.25, 0.3) is 0 Å². The molecule has 1 aromatic carbocycles. The summed E-state index contributed by atoms with van der Waals surface area (Å²) < 4.78 is 0. The van der Waals surface area contributed by atoms with Crippen molar-refractivity contribution in [2.24, 2.45) is 5.92 Å². The first-order chi connectivity index (χ1) is 6.74. The molecule has 1 saturated heterocycles. The Morgan fingerprint density at radius 1 is 1.50 bits per heavy atom. The van der Waals surface area contributed by atoms with Crippen LogP contribution in [0.1, 0.15) is 17.5 Å². The maximum Gasteiger partial charge on any atom is 0.220 e. The minimum Gasteiger partial charge on any atom is -0.356 e. The van der Waals surface area contributed by atoms with E-state index in [0.717, 1.165) is 13.0 Å². The minimum atomic E-state index is 0.197. The Bertz CT molecular complexity index is 346. The third-order valence-corrected chi connectivity index (χ3v) is 2.67. The highest BCUT2D eigenvalue weighted by Gasteiger charge is 2.21. The van der Waals surface area contributed by atoms with Crippen LogP contribution in [0, 0.1) is 12.8 Å². The molecule has 74 valence electrons. The normalized spacial score (nSPS) is 20.9. The summed E-state index contributed by atoms with van der Waals surface area (Å²) in [6.45, 7) is 2.94. The van der Waals surface area contributed by atoms with Gasteiger partial charge in [-0.05, 0) is 24.8 Å². The van der Waals surface area contributed by atoms with Crippen molar-refractivity contribution in [3.63, 3.8) is 0 Å². The van der Waals surface area contributed by atoms with Crippen molar-refractivity contribution in [2.45, 2.75) is 19.8 Å². The molecule has 1 aliphatic heterocycles. The molecular weight excluding hydrogens is 174 g/mol. The van der Waals surface area contributed by atoms with E-state index in [-0.39, 0.29) is 5.91 Å². The van der Waals surface area contributed by atoms with E-state index >= 15 is 0 Å². The second kappa shape index (κ2) is 3.82. The van der Waals surface area contributed by atoms with Crippen molar-refractivity contribution < 1.29 is 4.79 Å². The van der Waals surface area contributed by atoms with Gasteiger partial charge < -0.3 is 5.32 Å². The fraction of sp³-hybridized carbons (Fsp3) is 0.417. The van der Waals surface area contributed by atoms with Gasteiger partial charge in [-0.15, -0.1) is 0 Å². The molecular formula is C12H15NO. The van der Waals surface area contributed by atoms with Crippen molar-refractivity contribution >= 4 is 5.91 Å². The molecule has 1 heterocycles. The van der Waals surface area contributed by atoms with E-state index in [4.69, 9.17) is 0 Å². The molecule has 1 atom stereocenters. The predicted octanol–water partition coefficient (Wildman–Crippen LogP) is 1.67. The Morgan fingerprint density at radius 2 is 2.36 bits per heavy atom. The van der Waals surface area contributed by atoms with Crippen LogP contribution in [-0.2, 0) is 11.2 Å². The fourth-order valence-electron chi connectivity index (χ4n) is 1.98. The molecule has 0 saturated carbocycles. The summed E-state index contributed by atoms with van der Waals surface area (Å²) in [4.78, 5) is 11.0. The molecule has 0 bridgehead atoms. The van der Waals surface area contributed by atoms with Gasteiger partial charge in [-0.25, -0.2) is 0 Å². The number of rotatable bonds is 2. The predicted molar refractivity (Wildman–Crippen MR) is 56.0 cm³/mol. The average molecular weight is 189 g/mol. The molecule has 0 radical (unpaired) electrons. The highest BCUT2D eigenvalue weighted by Crippen LogP contribution is 2.16. The van der Waals surface area contributed by atoms with Gasteiger partial charge in [0.25, 0.3) is 0 Å². The van der Waals surface area contributed by atoms with Gasteiger partial charge in [-0.1, -0.05) is 29.8 Å². The highest BCUT2D eigenvalue weighted by molar-refractivity contribution is 5.78. The number of carbonyl (C=O) groups is 1. The SMILES string of the molecule is Cc1cccc(CC2CNC(=O)C2)c1. The lowest BCUT2D eigenvalue weighted by Gasteiger charge is -2.07. The summed E-state index contributed by atoms with van der Waals surface area (Å²) in [6.07, 6.45) is 1.70. The summed E-state index contributed by atoms with van der Waals surface area (Å²) in [5.41, 5.74) is 2.63. The van der Waals surface area contributed by atoms with E-state index in [1.54, 1.807) is 0 Å². The molecule has 0 aromatic heterocycles. The van der Waals surface area contributed by atoms with E-state index in [9.17, 15) is 4.79 Å². The van der Waals surface area contributed by atoms with E-state index in [1.165, 1.54) is 11.1 Å². The van der Waals surface area contributed by atoms with Gasteiger partial charge in [-0.2, -0.15) is 0 Å². The lowest BCUT2D eigenvalue weighted by Crippen LogP contribution is -2.14. The number of nitrogens with one attached hydrogen (secondary N) is 1. The van der Waals surface area contributed by atoms with Crippen LogP contribution in [0.15, 0.2) is 24.3 Å². The van der Waals surface area contributed by atoms with E-state index < -0.39 is 0 Å². The Morgan fingerprint density at radius 3 is 3.00 bits per heavy atom. The molecule has 0 aliphatic carbocycles. The lowest BCUT2D eigenvalue weighted by molar-refractivity contribution is -0.119. The van der Waals surface area contributed by atoms with Crippen LogP contribution in [0.4, 0.5) is 0 Å². The highest BCUT2D eigenvalue weighted by atomic mass is 16.1. The molecule has 2 heteroatoms. The molecule has 1 amide bonds. The minimum absolute atomic E-state index is 0.197. The van der Waals surface area contributed by atoms with Crippen molar-refractivity contribution in [3.8, 4) is 0 Å². The van der Waals surface area contributed by atoms with E-state index in [1.807, 2.05) is 0 Å². The summed E-state index contributed by atoms with van der Waals surface area (Å²) in [5, 5.41) is 2.87. The molecule has 1 aliphatic rings. The largest absolute Gasteiger partial charge is 0.356 e. The van der Waals surface area contributed by atoms with Gasteiger partial charge in [0.05, 0.1) is 0 Å². The topological polar surface area (TPSA) is 29.1 Å². The van der Waals surface area contributed by atoms with Crippen LogP contribution in [0.3, 0.4) is 0 Å². The average Bonchev–Trinajstić information content (AvgIpc) is 2.51. The molecule has 1 N–H and O–H groups in total. The molecule has 1 unspecified atom stereocenters. The first-order valence-corrected chi connectivity index (χ1v) is 5.06. The van der Waals surface area contributed by atoms with Crippen molar-refractivity contribution in [1.82, 2.24) is 5.32 Å². The standard InChI is InChI=1S/C12H15NO/c1-9-3-2-4-10(5-9)6-11-7-12(14)13-8-11/h2-5,11H,6-8H2,1H3,(H,13,14). The van der Waals surface area contributed by atoms with Gasteiger partial charge in [0.15, 0.2) is 0 Å². The molecule has 14 heavy (non-hydrogen) atoms. The Balaban J connectivity index is 2.00. The number of benzene rings is 1. The monoisotopic (exact) mass is 189 g/mol. The van der Waals surface area contributed by atoms with Crippen LogP contribution < -0.4 is 5.32 Å². The maximum absolute atomic E-state index is 11.0. The molecule has 2 rings (SSSR count). The zero-order valence-electron chi connectivity index (χ0n) is 8.42. The van der Waals surface area contributed by atoms with E-state index in [2.05, 4.69) is 36.5 Å². The summed E-state index contributed by atoms with van der Waals surface area (Å²) in [6, 6.07) is 8.51. The van der Waals surface area contributed by atoms with Gasteiger partial charge in [0, 0.05) is 13.0 Å². The number of hydrogen-bond acceptors (Lipinski definition) is 1. The zero-order valence-corrected chi connectivity index (χ0v) is 8.42. The quantitative estimate of drug-likeness (QED) is 0.753. The second-order valence-corrected chi connectivity index (χ2v) is 4.07. The smallest absolute Gasteiger partial charge is 0.220 e. The molecule has 1 aromatic rings. The maximum atomic E-state index is 11.0. The molecule has 1 fully saturated rings. The first-order valence-electron chi connectivity index (χ1n) is 5.06. The Hall–Kier alpha value is -1.31. The van der Waals surface area contributed by atoms with Crippen LogP contribution >= 0.6 is 0 Å². The molecule has 2 nitrogen and oxygen atoms in total. The fourth-order valence-corrected chi connectivity index (χ4v) is 1.98. The first kappa shape index (κ1) is 9.25. The summed E-state index contributed by atoms with van der Waals surface area (Å²) in [7, 11) is 0.